The van der Waals surface area contributed by atoms with Crippen LogP contribution in [-0.4, -0.2) is 31.1 Å². The standard InChI is InChI=1S/C12H26N2/c1-6-14(7-2)10-8-9-13-12(5)11(3)4/h11,13H,5-10H2,1-4H3. The van der Waals surface area contributed by atoms with Crippen LogP contribution in [0.2, 0.25) is 0 Å². The van der Waals surface area contributed by atoms with Crippen LogP contribution >= 0.6 is 0 Å². The molecule has 0 spiro atoms. The lowest BCUT2D eigenvalue weighted by Gasteiger charge is -2.19. The van der Waals surface area contributed by atoms with E-state index in [0.29, 0.717) is 5.92 Å². The van der Waals surface area contributed by atoms with Gasteiger partial charge in [0.25, 0.3) is 0 Å². The van der Waals surface area contributed by atoms with Crippen molar-refractivity contribution >= 4 is 0 Å². The van der Waals surface area contributed by atoms with E-state index >= 15 is 0 Å². The molecule has 0 radical (unpaired) electrons. The van der Waals surface area contributed by atoms with Gasteiger partial charge in [-0.2, -0.15) is 0 Å². The first-order valence-corrected chi connectivity index (χ1v) is 5.76. The summed E-state index contributed by atoms with van der Waals surface area (Å²) in [6.07, 6.45) is 1.20. The van der Waals surface area contributed by atoms with Gasteiger partial charge in [-0.3, -0.25) is 0 Å². The van der Waals surface area contributed by atoms with E-state index in [1.54, 1.807) is 0 Å². The van der Waals surface area contributed by atoms with Gasteiger partial charge in [0.1, 0.15) is 0 Å². The second-order valence-electron chi connectivity index (χ2n) is 3.99. The highest BCUT2D eigenvalue weighted by Gasteiger charge is 2.00. The summed E-state index contributed by atoms with van der Waals surface area (Å²) < 4.78 is 0. The molecule has 0 aliphatic carbocycles. The first kappa shape index (κ1) is 13.5. The molecule has 0 fully saturated rings. The summed E-state index contributed by atoms with van der Waals surface area (Å²) >= 11 is 0. The number of rotatable bonds is 8. The molecule has 1 N–H and O–H groups in total. The molecule has 0 saturated heterocycles. The summed E-state index contributed by atoms with van der Waals surface area (Å²) in [6.45, 7) is 17.3. The predicted molar refractivity (Wildman–Crippen MR) is 64.4 cm³/mol. The molecule has 0 atom stereocenters. The van der Waals surface area contributed by atoms with Gasteiger partial charge in [-0.15, -0.1) is 0 Å². The number of nitrogens with zero attached hydrogens (tertiary/aromatic N) is 1. The smallest absolute Gasteiger partial charge is 0.0156 e. The fraction of sp³-hybridized carbons (Fsp3) is 0.833. The van der Waals surface area contributed by atoms with E-state index in [1.165, 1.54) is 13.0 Å². The van der Waals surface area contributed by atoms with Crippen LogP contribution < -0.4 is 5.32 Å². The Labute approximate surface area is 89.4 Å². The maximum absolute atomic E-state index is 3.99. The quantitative estimate of drug-likeness (QED) is 0.603. The van der Waals surface area contributed by atoms with Crippen molar-refractivity contribution in [1.29, 1.82) is 0 Å². The van der Waals surface area contributed by atoms with Gasteiger partial charge in [0.05, 0.1) is 0 Å². The van der Waals surface area contributed by atoms with Crippen LogP contribution in [0, 0.1) is 5.92 Å². The van der Waals surface area contributed by atoms with Crippen molar-refractivity contribution in [1.82, 2.24) is 10.2 Å². The summed E-state index contributed by atoms with van der Waals surface area (Å²) in [5.74, 6) is 0.545. The van der Waals surface area contributed by atoms with Gasteiger partial charge >= 0.3 is 0 Å². The molecule has 0 unspecified atom stereocenters. The highest BCUT2D eigenvalue weighted by atomic mass is 15.1. The summed E-state index contributed by atoms with van der Waals surface area (Å²) in [5, 5.41) is 3.36. The molecule has 2 heteroatoms. The lowest BCUT2D eigenvalue weighted by molar-refractivity contribution is 0.299. The van der Waals surface area contributed by atoms with E-state index in [9.17, 15) is 0 Å². The van der Waals surface area contributed by atoms with Gasteiger partial charge in [-0.05, 0) is 32.0 Å². The zero-order valence-electron chi connectivity index (χ0n) is 10.3. The number of hydrogen-bond donors (Lipinski definition) is 1. The third kappa shape index (κ3) is 6.03. The van der Waals surface area contributed by atoms with E-state index < -0.39 is 0 Å². The van der Waals surface area contributed by atoms with Crippen molar-refractivity contribution in [3.05, 3.63) is 12.3 Å². The summed E-state index contributed by atoms with van der Waals surface area (Å²) in [7, 11) is 0. The Morgan fingerprint density at radius 1 is 1.29 bits per heavy atom. The Morgan fingerprint density at radius 2 is 1.86 bits per heavy atom. The molecule has 0 aromatic heterocycles. The van der Waals surface area contributed by atoms with Crippen LogP contribution in [0.1, 0.15) is 34.1 Å². The van der Waals surface area contributed by atoms with Crippen molar-refractivity contribution < 1.29 is 0 Å². The maximum atomic E-state index is 3.99. The Kier molecular flexibility index (Phi) is 7.58. The Balaban J connectivity index is 3.41. The number of allylic oxidation sites excluding steroid dienone is 1. The molecule has 0 aliphatic rings. The van der Waals surface area contributed by atoms with Crippen molar-refractivity contribution in [2.75, 3.05) is 26.2 Å². The number of hydrogen-bond acceptors (Lipinski definition) is 2. The van der Waals surface area contributed by atoms with Crippen molar-refractivity contribution in [2.24, 2.45) is 5.92 Å². The van der Waals surface area contributed by atoms with Crippen LogP contribution in [0.25, 0.3) is 0 Å². The summed E-state index contributed by atoms with van der Waals surface area (Å²) in [4.78, 5) is 2.44. The molecule has 0 aromatic rings. The summed E-state index contributed by atoms with van der Waals surface area (Å²) in [5.41, 5.74) is 1.16. The first-order chi connectivity index (χ1) is 6.61. The Bertz CT molecular complexity index is 148. The molecule has 0 bridgehead atoms. The van der Waals surface area contributed by atoms with Gasteiger partial charge in [0.2, 0.25) is 0 Å². The second kappa shape index (κ2) is 7.86. The summed E-state index contributed by atoms with van der Waals surface area (Å²) in [6, 6.07) is 0. The molecule has 0 amide bonds. The molecule has 0 heterocycles. The maximum Gasteiger partial charge on any atom is 0.0156 e. The monoisotopic (exact) mass is 198 g/mol. The van der Waals surface area contributed by atoms with Crippen LogP contribution in [-0.2, 0) is 0 Å². The molecule has 14 heavy (non-hydrogen) atoms. The highest BCUT2D eigenvalue weighted by molar-refractivity contribution is 4.93. The van der Waals surface area contributed by atoms with E-state index in [4.69, 9.17) is 0 Å². The third-order valence-corrected chi connectivity index (χ3v) is 2.59. The minimum absolute atomic E-state index is 0.545. The van der Waals surface area contributed by atoms with Crippen molar-refractivity contribution in [3.8, 4) is 0 Å². The minimum atomic E-state index is 0.545. The molecular weight excluding hydrogens is 172 g/mol. The molecule has 0 rings (SSSR count). The second-order valence-corrected chi connectivity index (χ2v) is 3.99. The normalized spacial score (nSPS) is 11.0. The lowest BCUT2D eigenvalue weighted by atomic mass is 10.1. The van der Waals surface area contributed by atoms with Gasteiger partial charge in [0, 0.05) is 12.2 Å². The average molecular weight is 198 g/mol. The van der Waals surface area contributed by atoms with E-state index in [1.807, 2.05) is 0 Å². The zero-order chi connectivity index (χ0) is 11.0. The van der Waals surface area contributed by atoms with Crippen LogP contribution in [0.4, 0.5) is 0 Å². The van der Waals surface area contributed by atoms with Crippen molar-refractivity contribution in [3.63, 3.8) is 0 Å². The topological polar surface area (TPSA) is 15.3 Å². The Hall–Kier alpha value is -0.500. The SMILES string of the molecule is C=C(NCCCN(CC)CC)C(C)C. The van der Waals surface area contributed by atoms with Crippen LogP contribution in [0.3, 0.4) is 0 Å². The third-order valence-electron chi connectivity index (χ3n) is 2.59. The van der Waals surface area contributed by atoms with Crippen molar-refractivity contribution in [2.45, 2.75) is 34.1 Å². The van der Waals surface area contributed by atoms with Crippen LogP contribution in [0.5, 0.6) is 0 Å². The van der Waals surface area contributed by atoms with Crippen LogP contribution in [0.15, 0.2) is 12.3 Å². The van der Waals surface area contributed by atoms with Gasteiger partial charge in [0.15, 0.2) is 0 Å². The van der Waals surface area contributed by atoms with Gasteiger partial charge in [-0.25, -0.2) is 0 Å². The molecule has 0 aromatic carbocycles. The predicted octanol–water partition coefficient (Wildman–Crippen LogP) is 2.48. The lowest BCUT2D eigenvalue weighted by Crippen LogP contribution is -2.27. The van der Waals surface area contributed by atoms with Gasteiger partial charge in [-0.1, -0.05) is 34.3 Å². The largest absolute Gasteiger partial charge is 0.389 e. The molecule has 0 aliphatic heterocycles. The fourth-order valence-corrected chi connectivity index (χ4v) is 1.30. The molecular formula is C12H26N2. The zero-order valence-corrected chi connectivity index (χ0v) is 10.3. The van der Waals surface area contributed by atoms with Gasteiger partial charge < -0.3 is 10.2 Å². The van der Waals surface area contributed by atoms with E-state index in [-0.39, 0.29) is 0 Å². The molecule has 84 valence electrons. The average Bonchev–Trinajstić information content (AvgIpc) is 2.17. The number of nitrogens with one attached hydrogen (secondary N) is 1. The van der Waals surface area contributed by atoms with E-state index in [2.05, 4.69) is 44.5 Å². The molecule has 2 nitrogen and oxygen atoms in total. The Morgan fingerprint density at radius 3 is 2.29 bits per heavy atom. The first-order valence-electron chi connectivity index (χ1n) is 5.76. The highest BCUT2D eigenvalue weighted by Crippen LogP contribution is 2.01. The molecule has 0 saturated carbocycles. The fourth-order valence-electron chi connectivity index (χ4n) is 1.30. The minimum Gasteiger partial charge on any atom is -0.389 e. The van der Waals surface area contributed by atoms with E-state index in [0.717, 1.165) is 25.3 Å².